The number of piperidine rings is 1. The van der Waals surface area contributed by atoms with Gasteiger partial charge < -0.3 is 15.5 Å². The summed E-state index contributed by atoms with van der Waals surface area (Å²) in [5, 5.41) is 6.80. The van der Waals surface area contributed by atoms with Crippen molar-refractivity contribution in [3.05, 3.63) is 70.9 Å². The summed E-state index contributed by atoms with van der Waals surface area (Å²) in [5.74, 6) is -0.373. The summed E-state index contributed by atoms with van der Waals surface area (Å²) in [6.07, 6.45) is 7.71. The first kappa shape index (κ1) is 22.7. The van der Waals surface area contributed by atoms with Crippen LogP contribution in [0.1, 0.15) is 30.5 Å². The van der Waals surface area contributed by atoms with Crippen molar-refractivity contribution in [3.8, 4) is 0 Å². The molecule has 8 heteroatoms. The monoisotopic (exact) mass is 475 g/mol. The van der Waals surface area contributed by atoms with Gasteiger partial charge in [-0.15, -0.1) is 0 Å². The normalized spacial score (nSPS) is 16.3. The number of rotatable bonds is 8. The van der Waals surface area contributed by atoms with E-state index < -0.39 is 0 Å². The number of carbonyl (C=O) groups excluding carboxylic acids is 2. The average Bonchev–Trinajstić information content (AvgIpc) is 3.29. The van der Waals surface area contributed by atoms with Crippen molar-refractivity contribution in [1.82, 2.24) is 24.9 Å². The Bertz CT molecular complexity index is 1200. The molecule has 176 valence electrons. The fourth-order valence-corrected chi connectivity index (χ4v) is 5.58. The predicted molar refractivity (Wildman–Crippen MR) is 134 cm³/mol. The zero-order valence-electron chi connectivity index (χ0n) is 19.1. The first-order valence-corrected chi connectivity index (χ1v) is 12.7. The molecule has 0 bridgehead atoms. The maximum Gasteiger partial charge on any atom is 0.258 e. The molecule has 2 aromatic heterocycles. The summed E-state index contributed by atoms with van der Waals surface area (Å²) in [5.41, 5.74) is 3.11. The molecule has 4 heterocycles. The number of nitrogens with zero attached hydrogens (tertiary/aromatic N) is 3. The van der Waals surface area contributed by atoms with Crippen LogP contribution in [0.2, 0.25) is 0 Å². The van der Waals surface area contributed by atoms with Crippen LogP contribution in [0.3, 0.4) is 0 Å². The summed E-state index contributed by atoms with van der Waals surface area (Å²) in [4.78, 5) is 32.5. The number of amides is 2. The smallest absolute Gasteiger partial charge is 0.258 e. The van der Waals surface area contributed by atoms with E-state index in [1.54, 1.807) is 6.20 Å². The fraction of sp³-hybridized carbons (Fsp3) is 0.346. The Morgan fingerprint density at radius 1 is 1.06 bits per heavy atom. The Morgan fingerprint density at radius 3 is 2.71 bits per heavy atom. The zero-order chi connectivity index (χ0) is 23.3. The number of pyridine rings is 1. The largest absolute Gasteiger partial charge is 0.352 e. The van der Waals surface area contributed by atoms with Crippen LogP contribution < -0.4 is 10.6 Å². The van der Waals surface area contributed by atoms with Gasteiger partial charge in [0.1, 0.15) is 5.65 Å². The molecule has 34 heavy (non-hydrogen) atoms. The summed E-state index contributed by atoms with van der Waals surface area (Å²) in [7, 11) is 0. The van der Waals surface area contributed by atoms with Crippen molar-refractivity contribution < 1.29 is 9.59 Å². The van der Waals surface area contributed by atoms with E-state index in [0.29, 0.717) is 4.91 Å². The van der Waals surface area contributed by atoms with Crippen LogP contribution in [-0.4, -0.2) is 58.3 Å². The minimum Gasteiger partial charge on any atom is -0.352 e. The third-order valence-corrected chi connectivity index (χ3v) is 7.43. The van der Waals surface area contributed by atoms with E-state index in [0.717, 1.165) is 61.7 Å². The van der Waals surface area contributed by atoms with Gasteiger partial charge in [0.2, 0.25) is 5.91 Å². The maximum atomic E-state index is 12.7. The molecule has 2 aliphatic rings. The molecule has 1 aromatic carbocycles. The number of benzene rings is 1. The maximum absolute atomic E-state index is 12.7. The molecule has 1 saturated heterocycles. The Morgan fingerprint density at radius 2 is 1.88 bits per heavy atom. The third-order valence-electron chi connectivity index (χ3n) is 6.38. The summed E-state index contributed by atoms with van der Waals surface area (Å²) in [6, 6.07) is 16.6. The summed E-state index contributed by atoms with van der Waals surface area (Å²) < 4.78 is 2.02. The molecule has 0 radical (unpaired) electrons. The van der Waals surface area contributed by atoms with Crippen molar-refractivity contribution in [1.29, 1.82) is 0 Å². The van der Waals surface area contributed by atoms with Crippen molar-refractivity contribution >= 4 is 35.3 Å². The number of hydrogen-bond donors (Lipinski definition) is 2. The molecule has 0 spiro atoms. The second-order valence-corrected chi connectivity index (χ2v) is 9.87. The standard InChI is InChI=1S/C26H29N5O2S/c32-24(29-20-11-14-30(15-12-20)13-5-8-19-6-2-1-3-7-19)18-28-26(33)22-16-21-17-27-23-9-4-10-25(34-22)31(21)23/h1-4,6-7,9-10,16-17,20H,5,8,11-15,18H2,(H,28,33)(H,29,32). The highest BCUT2D eigenvalue weighted by atomic mass is 32.2. The Labute approximate surface area is 203 Å². The minimum atomic E-state index is -0.238. The van der Waals surface area contributed by atoms with E-state index >= 15 is 0 Å². The number of carbonyl (C=O) groups is 2. The van der Waals surface area contributed by atoms with Gasteiger partial charge in [0, 0.05) is 19.1 Å². The number of thioether (sulfide) groups is 1. The highest BCUT2D eigenvalue weighted by Gasteiger charge is 2.22. The van der Waals surface area contributed by atoms with E-state index in [2.05, 4.69) is 50.8 Å². The van der Waals surface area contributed by atoms with Gasteiger partial charge in [0.15, 0.2) is 0 Å². The molecular formula is C26H29N5O2S. The van der Waals surface area contributed by atoms with E-state index in [9.17, 15) is 9.59 Å². The predicted octanol–water partition coefficient (Wildman–Crippen LogP) is 3.11. The summed E-state index contributed by atoms with van der Waals surface area (Å²) in [6.45, 7) is 3.06. The van der Waals surface area contributed by atoms with Crippen molar-refractivity contribution in [2.45, 2.75) is 36.8 Å². The lowest BCUT2D eigenvalue weighted by atomic mass is 10.0. The van der Waals surface area contributed by atoms with Crippen LogP contribution in [0.4, 0.5) is 0 Å². The average molecular weight is 476 g/mol. The Hall–Kier alpha value is -3.10. The topological polar surface area (TPSA) is 78.7 Å². The van der Waals surface area contributed by atoms with Gasteiger partial charge in [0.25, 0.3) is 5.91 Å². The number of hydrogen-bond acceptors (Lipinski definition) is 5. The number of aryl methyl sites for hydroxylation is 1. The van der Waals surface area contributed by atoms with E-state index in [1.807, 2.05) is 28.7 Å². The van der Waals surface area contributed by atoms with Crippen LogP contribution in [0.5, 0.6) is 0 Å². The molecule has 0 aliphatic carbocycles. The van der Waals surface area contributed by atoms with Gasteiger partial charge in [-0.25, -0.2) is 4.98 Å². The molecule has 7 nitrogen and oxygen atoms in total. The first-order chi connectivity index (χ1) is 16.7. The van der Waals surface area contributed by atoms with Gasteiger partial charge in [-0.3, -0.25) is 14.0 Å². The van der Waals surface area contributed by atoms with E-state index in [-0.39, 0.29) is 24.4 Å². The van der Waals surface area contributed by atoms with Crippen LogP contribution in [0, 0.1) is 0 Å². The van der Waals surface area contributed by atoms with E-state index in [4.69, 9.17) is 0 Å². The fourth-order valence-electron chi connectivity index (χ4n) is 4.58. The van der Waals surface area contributed by atoms with E-state index in [1.165, 1.54) is 17.3 Å². The van der Waals surface area contributed by atoms with Gasteiger partial charge in [-0.05, 0) is 56.0 Å². The highest BCUT2D eigenvalue weighted by molar-refractivity contribution is 8.04. The second kappa shape index (κ2) is 10.4. The van der Waals surface area contributed by atoms with Crippen molar-refractivity contribution in [2.24, 2.45) is 0 Å². The summed E-state index contributed by atoms with van der Waals surface area (Å²) >= 11 is 1.39. The number of nitrogens with one attached hydrogen (secondary N) is 2. The number of aromatic nitrogens is 2. The lowest BCUT2D eigenvalue weighted by molar-refractivity contribution is -0.124. The van der Waals surface area contributed by atoms with Gasteiger partial charge in [-0.2, -0.15) is 0 Å². The van der Waals surface area contributed by atoms with Crippen molar-refractivity contribution in [2.75, 3.05) is 26.2 Å². The molecular weight excluding hydrogens is 446 g/mol. The number of imidazole rings is 1. The van der Waals surface area contributed by atoms with Crippen LogP contribution >= 0.6 is 11.8 Å². The molecule has 0 unspecified atom stereocenters. The van der Waals surface area contributed by atoms with Gasteiger partial charge in [-0.1, -0.05) is 48.2 Å². The lowest BCUT2D eigenvalue weighted by Crippen LogP contribution is -2.47. The molecule has 0 atom stereocenters. The molecule has 2 N–H and O–H groups in total. The molecule has 2 amide bonds. The second-order valence-electron chi connectivity index (χ2n) is 8.81. The molecule has 1 fully saturated rings. The first-order valence-electron chi connectivity index (χ1n) is 11.9. The minimum absolute atomic E-state index is 0.0164. The van der Waals surface area contributed by atoms with Crippen LogP contribution in [0.15, 0.2) is 64.7 Å². The molecule has 2 aliphatic heterocycles. The zero-order valence-corrected chi connectivity index (χ0v) is 19.9. The quantitative estimate of drug-likeness (QED) is 0.524. The molecule has 3 aromatic rings. The van der Waals surface area contributed by atoms with Crippen molar-refractivity contribution in [3.63, 3.8) is 0 Å². The Balaban J connectivity index is 1.02. The van der Waals surface area contributed by atoms with Crippen LogP contribution in [-0.2, 0) is 16.0 Å². The third kappa shape index (κ3) is 5.34. The van der Waals surface area contributed by atoms with Crippen LogP contribution in [0.25, 0.3) is 11.7 Å². The SMILES string of the molecule is O=C(CNC(=O)C1=Cc2cnc3cccc(n23)S1)NC1CCN(CCCc2ccccc2)CC1. The molecule has 5 rings (SSSR count). The van der Waals surface area contributed by atoms with Gasteiger partial charge >= 0.3 is 0 Å². The highest BCUT2D eigenvalue weighted by Crippen LogP contribution is 2.34. The Kier molecular flexibility index (Phi) is 6.97. The molecule has 0 saturated carbocycles. The number of likely N-dealkylation sites (tertiary alicyclic amines) is 1. The van der Waals surface area contributed by atoms with Gasteiger partial charge in [0.05, 0.1) is 28.4 Å². The lowest BCUT2D eigenvalue weighted by Gasteiger charge is -2.32.